The zero-order valence-electron chi connectivity index (χ0n) is 14.6. The summed E-state index contributed by atoms with van der Waals surface area (Å²) in [7, 11) is 0. The molecule has 0 radical (unpaired) electrons. The van der Waals surface area contributed by atoms with E-state index in [1.807, 2.05) is 32.0 Å². The van der Waals surface area contributed by atoms with E-state index in [4.69, 9.17) is 5.73 Å². The predicted octanol–water partition coefficient (Wildman–Crippen LogP) is 2.04. The number of hydrogen-bond donors (Lipinski definition) is 2. The third kappa shape index (κ3) is 3.05. The van der Waals surface area contributed by atoms with Crippen molar-refractivity contribution in [1.29, 1.82) is 0 Å². The van der Waals surface area contributed by atoms with Gasteiger partial charge in [0.25, 0.3) is 0 Å². The van der Waals surface area contributed by atoms with Gasteiger partial charge in [0.05, 0.1) is 11.5 Å². The first kappa shape index (κ1) is 17.0. The molecule has 1 aromatic carbocycles. The maximum atomic E-state index is 12.7. The topological polar surface area (TPSA) is 75.4 Å². The fourth-order valence-corrected chi connectivity index (χ4v) is 3.94. The number of aryl methyl sites for hydroxylation is 1. The molecule has 5 nitrogen and oxygen atoms in total. The van der Waals surface area contributed by atoms with Crippen molar-refractivity contribution in [3.05, 3.63) is 29.3 Å². The Morgan fingerprint density at radius 2 is 2.04 bits per heavy atom. The molecule has 3 N–H and O–H groups in total. The van der Waals surface area contributed by atoms with Crippen molar-refractivity contribution < 1.29 is 9.59 Å². The summed E-state index contributed by atoms with van der Waals surface area (Å²) in [5.41, 5.74) is 8.82. The van der Waals surface area contributed by atoms with Crippen LogP contribution in [0.2, 0.25) is 0 Å². The molecule has 130 valence electrons. The lowest BCUT2D eigenvalue weighted by molar-refractivity contribution is -0.127. The summed E-state index contributed by atoms with van der Waals surface area (Å²) in [5.74, 6) is -0.290. The molecule has 24 heavy (non-hydrogen) atoms. The zero-order chi connectivity index (χ0) is 17.3. The van der Waals surface area contributed by atoms with E-state index in [-0.39, 0.29) is 29.7 Å². The lowest BCUT2D eigenvalue weighted by Crippen LogP contribution is -2.53. The number of carbonyl (C=O) groups is 2. The van der Waals surface area contributed by atoms with E-state index in [1.54, 1.807) is 4.90 Å². The summed E-state index contributed by atoms with van der Waals surface area (Å²) in [6.07, 6.45) is 4.37. The van der Waals surface area contributed by atoms with Gasteiger partial charge in [-0.1, -0.05) is 25.0 Å². The standard InChI is InChI=1S/C19H27N3O2/c1-13-6-5-7-16(14(13)2)22-11-15(10-17(22)23)18(24)21-19(12-20)8-3-4-9-19/h5-7,15H,3-4,8-12,20H2,1-2H3,(H,21,24). The number of nitrogens with zero attached hydrogens (tertiary/aromatic N) is 1. The van der Waals surface area contributed by atoms with E-state index in [9.17, 15) is 9.59 Å². The lowest BCUT2D eigenvalue weighted by atomic mass is 9.96. The Hall–Kier alpha value is -1.88. The van der Waals surface area contributed by atoms with Crippen molar-refractivity contribution in [3.63, 3.8) is 0 Å². The van der Waals surface area contributed by atoms with Crippen molar-refractivity contribution in [2.24, 2.45) is 11.7 Å². The fourth-order valence-electron chi connectivity index (χ4n) is 3.94. The van der Waals surface area contributed by atoms with Gasteiger partial charge in [0.1, 0.15) is 0 Å². The molecule has 2 amide bonds. The minimum atomic E-state index is -0.290. The molecular weight excluding hydrogens is 302 g/mol. The second-order valence-electron chi connectivity index (χ2n) is 7.31. The Kier molecular flexibility index (Phi) is 4.63. The van der Waals surface area contributed by atoms with Crippen LogP contribution >= 0.6 is 0 Å². The first-order chi connectivity index (χ1) is 11.5. The normalized spacial score (nSPS) is 22.9. The van der Waals surface area contributed by atoms with Gasteiger partial charge in [-0.15, -0.1) is 0 Å². The van der Waals surface area contributed by atoms with Crippen molar-refractivity contribution in [3.8, 4) is 0 Å². The number of benzene rings is 1. The van der Waals surface area contributed by atoms with Crippen molar-refractivity contribution in [2.75, 3.05) is 18.0 Å². The molecule has 0 aromatic heterocycles. The summed E-state index contributed by atoms with van der Waals surface area (Å²) in [6, 6.07) is 5.95. The largest absolute Gasteiger partial charge is 0.349 e. The third-order valence-electron chi connectivity index (χ3n) is 5.70. The molecule has 0 bridgehead atoms. The molecule has 2 aliphatic rings. The van der Waals surface area contributed by atoms with E-state index in [0.717, 1.165) is 42.5 Å². The molecule has 1 saturated heterocycles. The highest BCUT2D eigenvalue weighted by Crippen LogP contribution is 2.32. The van der Waals surface area contributed by atoms with Crippen LogP contribution < -0.4 is 16.0 Å². The highest BCUT2D eigenvalue weighted by molar-refractivity contribution is 6.01. The van der Waals surface area contributed by atoms with E-state index in [1.165, 1.54) is 0 Å². The Morgan fingerprint density at radius 1 is 1.33 bits per heavy atom. The van der Waals surface area contributed by atoms with Gasteiger partial charge in [-0.25, -0.2) is 0 Å². The zero-order valence-corrected chi connectivity index (χ0v) is 14.6. The first-order valence-corrected chi connectivity index (χ1v) is 8.84. The van der Waals surface area contributed by atoms with Crippen LogP contribution in [-0.4, -0.2) is 30.4 Å². The lowest BCUT2D eigenvalue weighted by Gasteiger charge is -2.30. The minimum Gasteiger partial charge on any atom is -0.349 e. The molecule has 1 saturated carbocycles. The van der Waals surface area contributed by atoms with Gasteiger partial charge in [-0.05, 0) is 43.9 Å². The molecule has 0 spiro atoms. The van der Waals surface area contributed by atoms with Crippen molar-refractivity contribution in [1.82, 2.24) is 5.32 Å². The van der Waals surface area contributed by atoms with Crippen LogP contribution in [0, 0.1) is 19.8 Å². The molecular formula is C19H27N3O2. The SMILES string of the molecule is Cc1cccc(N2CC(C(=O)NC3(CN)CCCC3)CC2=O)c1C. The molecule has 1 atom stereocenters. The van der Waals surface area contributed by atoms with Crippen LogP contribution in [0.1, 0.15) is 43.2 Å². The van der Waals surface area contributed by atoms with Crippen LogP contribution in [0.15, 0.2) is 18.2 Å². The number of hydrogen-bond acceptors (Lipinski definition) is 3. The second-order valence-corrected chi connectivity index (χ2v) is 7.31. The monoisotopic (exact) mass is 329 g/mol. The van der Waals surface area contributed by atoms with Gasteiger partial charge in [0.15, 0.2) is 0 Å². The first-order valence-electron chi connectivity index (χ1n) is 8.84. The number of amides is 2. The number of carbonyl (C=O) groups excluding carboxylic acids is 2. The summed E-state index contributed by atoms with van der Waals surface area (Å²) >= 11 is 0. The average molecular weight is 329 g/mol. The second kappa shape index (κ2) is 6.55. The van der Waals surface area contributed by atoms with Crippen LogP contribution in [0.5, 0.6) is 0 Å². The maximum Gasteiger partial charge on any atom is 0.227 e. The molecule has 1 aromatic rings. The molecule has 2 fully saturated rings. The summed E-state index contributed by atoms with van der Waals surface area (Å²) < 4.78 is 0. The van der Waals surface area contributed by atoms with Gasteiger partial charge in [-0.3, -0.25) is 9.59 Å². The highest BCUT2D eigenvalue weighted by atomic mass is 16.2. The van der Waals surface area contributed by atoms with Crippen LogP contribution in [0.4, 0.5) is 5.69 Å². The van der Waals surface area contributed by atoms with Crippen molar-refractivity contribution in [2.45, 2.75) is 51.5 Å². The molecule has 1 unspecified atom stereocenters. The van der Waals surface area contributed by atoms with E-state index in [2.05, 4.69) is 5.32 Å². The van der Waals surface area contributed by atoms with Crippen LogP contribution in [0.25, 0.3) is 0 Å². The molecule has 1 aliphatic carbocycles. The number of rotatable bonds is 4. The molecule has 1 heterocycles. The van der Waals surface area contributed by atoms with Gasteiger partial charge in [0, 0.05) is 25.2 Å². The summed E-state index contributed by atoms with van der Waals surface area (Å²) in [6.45, 7) is 4.98. The Bertz CT molecular complexity index is 650. The van der Waals surface area contributed by atoms with Crippen LogP contribution in [0.3, 0.4) is 0 Å². The Balaban J connectivity index is 1.72. The average Bonchev–Trinajstić information content (AvgIpc) is 3.18. The summed E-state index contributed by atoms with van der Waals surface area (Å²) in [5, 5.41) is 3.16. The summed E-state index contributed by atoms with van der Waals surface area (Å²) in [4.78, 5) is 26.9. The highest BCUT2D eigenvalue weighted by Gasteiger charge is 2.40. The van der Waals surface area contributed by atoms with Gasteiger partial charge >= 0.3 is 0 Å². The minimum absolute atomic E-state index is 0.0245. The quantitative estimate of drug-likeness (QED) is 0.887. The predicted molar refractivity (Wildman–Crippen MR) is 94.8 cm³/mol. The van der Waals surface area contributed by atoms with Gasteiger partial charge in [0.2, 0.25) is 11.8 Å². The Labute approximate surface area is 143 Å². The molecule has 1 aliphatic heterocycles. The van der Waals surface area contributed by atoms with E-state index >= 15 is 0 Å². The third-order valence-corrected chi connectivity index (χ3v) is 5.70. The fraction of sp³-hybridized carbons (Fsp3) is 0.579. The number of nitrogens with one attached hydrogen (secondary N) is 1. The molecule has 3 rings (SSSR count). The number of anilines is 1. The maximum absolute atomic E-state index is 12.7. The van der Waals surface area contributed by atoms with Crippen molar-refractivity contribution >= 4 is 17.5 Å². The number of nitrogens with two attached hydrogens (primary N) is 1. The van der Waals surface area contributed by atoms with Gasteiger partial charge < -0.3 is 16.0 Å². The van der Waals surface area contributed by atoms with Crippen LogP contribution in [-0.2, 0) is 9.59 Å². The van der Waals surface area contributed by atoms with E-state index in [0.29, 0.717) is 13.1 Å². The molecule has 5 heteroatoms. The Morgan fingerprint density at radius 3 is 2.71 bits per heavy atom. The van der Waals surface area contributed by atoms with Gasteiger partial charge in [-0.2, -0.15) is 0 Å². The van der Waals surface area contributed by atoms with E-state index < -0.39 is 0 Å². The smallest absolute Gasteiger partial charge is 0.227 e.